The van der Waals surface area contributed by atoms with Crippen molar-refractivity contribution in [2.45, 2.75) is 25.1 Å². The Morgan fingerprint density at radius 1 is 1.27 bits per heavy atom. The van der Waals surface area contributed by atoms with Gasteiger partial charge in [0.05, 0.1) is 10.7 Å². The molecular weight excluding hydrogens is 324 g/mol. The van der Waals surface area contributed by atoms with Crippen LogP contribution in [0.25, 0.3) is 0 Å². The fourth-order valence-corrected chi connectivity index (χ4v) is 4.40. The number of benzene rings is 1. The first kappa shape index (κ1) is 16.6. The Balaban J connectivity index is 2.06. The molecule has 0 unspecified atom stereocenters. The number of sulfonamides is 1. The van der Waals surface area contributed by atoms with Crippen LogP contribution in [0, 0.1) is 10.1 Å². The van der Waals surface area contributed by atoms with E-state index in [1.165, 1.54) is 18.2 Å². The molecule has 0 bridgehead atoms. The Labute approximate surface area is 133 Å². The van der Waals surface area contributed by atoms with Crippen molar-refractivity contribution < 1.29 is 13.3 Å². The number of nitrogens with one attached hydrogen (secondary N) is 1. The summed E-state index contributed by atoms with van der Waals surface area (Å²) < 4.78 is 26.9. The van der Waals surface area contributed by atoms with E-state index in [-0.39, 0.29) is 17.3 Å². The van der Waals surface area contributed by atoms with Gasteiger partial charge < -0.3 is 0 Å². The van der Waals surface area contributed by atoms with Gasteiger partial charge in [0.25, 0.3) is 5.69 Å². The Morgan fingerprint density at radius 2 is 2.00 bits per heavy atom. The van der Waals surface area contributed by atoms with Crippen molar-refractivity contribution in [1.29, 1.82) is 0 Å². The molecule has 0 saturated heterocycles. The normalized spacial score (nSPS) is 13.0. The zero-order valence-corrected chi connectivity index (χ0v) is 13.6. The van der Waals surface area contributed by atoms with Gasteiger partial charge in [0.2, 0.25) is 10.0 Å². The van der Waals surface area contributed by atoms with Gasteiger partial charge in [0, 0.05) is 22.5 Å². The van der Waals surface area contributed by atoms with Gasteiger partial charge in [-0.15, -0.1) is 11.3 Å². The average molecular weight is 340 g/mol. The molecule has 0 spiro atoms. The molecule has 2 rings (SSSR count). The molecule has 0 fully saturated rings. The summed E-state index contributed by atoms with van der Waals surface area (Å²) in [5.41, 5.74) is 0.00195. The van der Waals surface area contributed by atoms with Crippen LogP contribution in [0.3, 0.4) is 0 Å². The first-order valence-corrected chi connectivity index (χ1v) is 9.15. The molecular formula is C14H16N2O4S2. The van der Waals surface area contributed by atoms with Crippen LogP contribution in [0.2, 0.25) is 0 Å². The molecule has 0 aliphatic carbocycles. The molecule has 8 heteroatoms. The number of nitrogens with zero attached hydrogens (tertiary/aromatic N) is 1. The zero-order valence-electron chi connectivity index (χ0n) is 11.9. The Bertz CT molecular complexity index is 742. The van der Waals surface area contributed by atoms with Gasteiger partial charge in [0.1, 0.15) is 0 Å². The Morgan fingerprint density at radius 3 is 2.64 bits per heavy atom. The maximum absolute atomic E-state index is 12.2. The van der Waals surface area contributed by atoms with Gasteiger partial charge in [-0.05, 0) is 24.8 Å². The number of para-hydroxylation sites is 1. The van der Waals surface area contributed by atoms with Gasteiger partial charge >= 0.3 is 0 Å². The van der Waals surface area contributed by atoms with Crippen LogP contribution in [0.1, 0.15) is 17.4 Å². The van der Waals surface area contributed by atoms with Crippen molar-refractivity contribution in [3.05, 3.63) is 62.3 Å². The van der Waals surface area contributed by atoms with Crippen LogP contribution < -0.4 is 4.72 Å². The number of nitro groups is 1. The number of thiophene rings is 1. The molecule has 6 nitrogen and oxygen atoms in total. The van der Waals surface area contributed by atoms with Gasteiger partial charge in [-0.3, -0.25) is 10.1 Å². The van der Waals surface area contributed by atoms with Gasteiger partial charge in [-0.1, -0.05) is 24.3 Å². The third kappa shape index (κ3) is 4.62. The second kappa shape index (κ2) is 6.99. The molecule has 1 N–H and O–H groups in total. The van der Waals surface area contributed by atoms with Crippen LogP contribution in [0.4, 0.5) is 5.69 Å². The molecule has 0 aliphatic rings. The summed E-state index contributed by atoms with van der Waals surface area (Å²) in [4.78, 5) is 11.4. The fourth-order valence-electron chi connectivity index (χ4n) is 2.14. The van der Waals surface area contributed by atoms with Crippen LogP contribution in [0.15, 0.2) is 41.8 Å². The van der Waals surface area contributed by atoms with E-state index in [0.717, 1.165) is 4.88 Å². The van der Waals surface area contributed by atoms with E-state index in [4.69, 9.17) is 0 Å². The minimum atomic E-state index is -3.64. The maximum atomic E-state index is 12.2. The third-order valence-electron chi connectivity index (χ3n) is 3.00. The van der Waals surface area contributed by atoms with Crippen molar-refractivity contribution in [3.63, 3.8) is 0 Å². The predicted octanol–water partition coefficient (Wildman–Crippen LogP) is 2.71. The van der Waals surface area contributed by atoms with Gasteiger partial charge in [-0.25, -0.2) is 13.1 Å². The first-order chi connectivity index (χ1) is 10.4. The van der Waals surface area contributed by atoms with Crippen LogP contribution in [-0.4, -0.2) is 19.4 Å². The van der Waals surface area contributed by atoms with E-state index >= 15 is 0 Å². The standard InChI is InChI=1S/C14H16N2O4S2/c1-11(9-13-6-4-8-21-13)15-22(19,20)10-12-5-2-3-7-14(12)16(17)18/h2-8,11,15H,9-10H2,1H3/t11-/m1/s1. The third-order valence-corrected chi connectivity index (χ3v) is 5.35. The van der Waals surface area contributed by atoms with Crippen molar-refractivity contribution in [2.24, 2.45) is 0 Å². The first-order valence-electron chi connectivity index (χ1n) is 6.62. The Hall–Kier alpha value is -1.77. The highest BCUT2D eigenvalue weighted by Gasteiger charge is 2.21. The fraction of sp³-hybridized carbons (Fsp3) is 0.286. The number of nitro benzene ring substituents is 1. The summed E-state index contributed by atoms with van der Waals surface area (Å²) in [5.74, 6) is -0.404. The number of hydrogen-bond donors (Lipinski definition) is 1. The summed E-state index contributed by atoms with van der Waals surface area (Å²) in [5, 5.41) is 12.9. The lowest BCUT2D eigenvalue weighted by atomic mass is 10.2. The minimum absolute atomic E-state index is 0.182. The lowest BCUT2D eigenvalue weighted by Crippen LogP contribution is -2.34. The van der Waals surface area contributed by atoms with E-state index < -0.39 is 20.7 Å². The van der Waals surface area contributed by atoms with E-state index in [1.54, 1.807) is 24.3 Å². The molecule has 0 amide bonds. The monoisotopic (exact) mass is 340 g/mol. The summed E-state index contributed by atoms with van der Waals surface area (Å²) in [6.45, 7) is 1.77. The molecule has 2 aromatic rings. The van der Waals surface area contributed by atoms with Crippen molar-refractivity contribution in [3.8, 4) is 0 Å². The van der Waals surface area contributed by atoms with E-state index in [9.17, 15) is 18.5 Å². The van der Waals surface area contributed by atoms with Gasteiger partial charge in [0.15, 0.2) is 0 Å². The smallest absolute Gasteiger partial charge is 0.258 e. The topological polar surface area (TPSA) is 89.3 Å². The van der Waals surface area contributed by atoms with Crippen molar-refractivity contribution in [1.82, 2.24) is 4.72 Å². The maximum Gasteiger partial charge on any atom is 0.273 e. The van der Waals surface area contributed by atoms with E-state index in [0.29, 0.717) is 6.42 Å². The summed E-state index contributed by atoms with van der Waals surface area (Å²) >= 11 is 1.56. The highest BCUT2D eigenvalue weighted by atomic mass is 32.2. The number of rotatable bonds is 7. The molecule has 22 heavy (non-hydrogen) atoms. The molecule has 1 aromatic heterocycles. The zero-order chi connectivity index (χ0) is 16.2. The van der Waals surface area contributed by atoms with E-state index in [1.807, 2.05) is 17.5 Å². The average Bonchev–Trinajstić information content (AvgIpc) is 2.90. The Kier molecular flexibility index (Phi) is 5.28. The van der Waals surface area contributed by atoms with Gasteiger partial charge in [-0.2, -0.15) is 0 Å². The van der Waals surface area contributed by atoms with Crippen molar-refractivity contribution in [2.75, 3.05) is 0 Å². The molecule has 0 aliphatic heterocycles. The summed E-state index contributed by atoms with van der Waals surface area (Å²) in [6, 6.07) is 9.45. The second-order valence-corrected chi connectivity index (χ2v) is 7.73. The van der Waals surface area contributed by atoms with Crippen LogP contribution in [-0.2, 0) is 22.2 Å². The van der Waals surface area contributed by atoms with Crippen LogP contribution in [0.5, 0.6) is 0 Å². The number of hydrogen-bond acceptors (Lipinski definition) is 5. The van der Waals surface area contributed by atoms with Crippen molar-refractivity contribution >= 4 is 27.0 Å². The highest BCUT2D eigenvalue weighted by molar-refractivity contribution is 7.88. The summed E-state index contributed by atoms with van der Waals surface area (Å²) in [7, 11) is -3.64. The molecule has 0 radical (unpaired) electrons. The largest absolute Gasteiger partial charge is 0.273 e. The molecule has 118 valence electrons. The van der Waals surface area contributed by atoms with Crippen LogP contribution >= 0.6 is 11.3 Å². The second-order valence-electron chi connectivity index (χ2n) is 4.95. The minimum Gasteiger partial charge on any atom is -0.258 e. The SMILES string of the molecule is C[C@H](Cc1cccs1)NS(=O)(=O)Cc1ccccc1[N+](=O)[O-]. The predicted molar refractivity (Wildman–Crippen MR) is 86.3 cm³/mol. The highest BCUT2D eigenvalue weighted by Crippen LogP contribution is 2.20. The molecule has 1 heterocycles. The lowest BCUT2D eigenvalue weighted by molar-refractivity contribution is -0.385. The molecule has 1 aromatic carbocycles. The quantitative estimate of drug-likeness (QED) is 0.620. The van der Waals surface area contributed by atoms with E-state index in [2.05, 4.69) is 4.72 Å². The molecule has 1 atom stereocenters. The lowest BCUT2D eigenvalue weighted by Gasteiger charge is -2.13. The molecule has 0 saturated carbocycles. The summed E-state index contributed by atoms with van der Waals surface area (Å²) in [6.07, 6.45) is 0.591.